The number of nitrogen functional groups attached to an aromatic ring is 1. The van der Waals surface area contributed by atoms with Gasteiger partial charge in [-0.1, -0.05) is 0 Å². The lowest BCUT2D eigenvalue weighted by atomic mass is 10.2. The molecule has 0 fully saturated rings. The van der Waals surface area contributed by atoms with Crippen molar-refractivity contribution in [2.24, 2.45) is 0 Å². The Labute approximate surface area is 82.5 Å². The number of nitrogens with two attached hydrogens (primary N) is 1. The van der Waals surface area contributed by atoms with Crippen LogP contribution < -0.4 is 5.73 Å². The first-order valence-corrected chi connectivity index (χ1v) is 5.09. The van der Waals surface area contributed by atoms with Crippen molar-refractivity contribution in [2.75, 3.05) is 5.73 Å². The molecular formula is C8H7BrN2S. The number of pyridine rings is 1. The van der Waals surface area contributed by atoms with Crippen LogP contribution in [-0.4, -0.2) is 4.98 Å². The predicted molar refractivity (Wildman–Crippen MR) is 56.5 cm³/mol. The third kappa shape index (κ3) is 1.11. The molecule has 0 spiro atoms. The van der Waals surface area contributed by atoms with Gasteiger partial charge in [0.15, 0.2) is 0 Å². The van der Waals surface area contributed by atoms with Gasteiger partial charge in [-0.3, -0.25) is 4.98 Å². The number of hydrogen-bond acceptors (Lipinski definition) is 3. The highest BCUT2D eigenvalue weighted by Gasteiger charge is 2.05. The zero-order chi connectivity index (χ0) is 8.72. The van der Waals surface area contributed by atoms with Crippen LogP contribution in [0.15, 0.2) is 16.0 Å². The van der Waals surface area contributed by atoms with Crippen molar-refractivity contribution in [3.05, 3.63) is 21.7 Å². The van der Waals surface area contributed by atoms with Gasteiger partial charge in [-0.15, -0.1) is 11.3 Å². The Morgan fingerprint density at radius 3 is 3.00 bits per heavy atom. The number of anilines is 1. The summed E-state index contributed by atoms with van der Waals surface area (Å²) in [4.78, 5) is 4.18. The summed E-state index contributed by atoms with van der Waals surface area (Å²) < 4.78 is 2.27. The van der Waals surface area contributed by atoms with Crippen molar-refractivity contribution in [1.29, 1.82) is 0 Å². The molecule has 0 atom stereocenters. The van der Waals surface area contributed by atoms with Crippen molar-refractivity contribution in [3.8, 4) is 0 Å². The zero-order valence-corrected chi connectivity index (χ0v) is 8.87. The maximum atomic E-state index is 5.76. The van der Waals surface area contributed by atoms with Gasteiger partial charge in [0.25, 0.3) is 0 Å². The van der Waals surface area contributed by atoms with Gasteiger partial charge in [0.1, 0.15) is 0 Å². The molecule has 0 amide bonds. The molecular weight excluding hydrogens is 236 g/mol. The van der Waals surface area contributed by atoms with E-state index in [0.29, 0.717) is 0 Å². The topological polar surface area (TPSA) is 38.9 Å². The summed E-state index contributed by atoms with van der Waals surface area (Å²) >= 11 is 5.10. The Balaban J connectivity index is 2.93. The second-order valence-corrected chi connectivity index (χ2v) is 5.02. The predicted octanol–water partition coefficient (Wildman–Crippen LogP) is 2.95. The van der Waals surface area contributed by atoms with E-state index < -0.39 is 0 Å². The molecule has 2 aromatic rings. The second kappa shape index (κ2) is 2.71. The van der Waals surface area contributed by atoms with Crippen LogP contribution in [0.3, 0.4) is 0 Å². The van der Waals surface area contributed by atoms with Crippen molar-refractivity contribution < 1.29 is 0 Å². The maximum absolute atomic E-state index is 5.76. The van der Waals surface area contributed by atoms with Gasteiger partial charge in [0, 0.05) is 5.39 Å². The lowest BCUT2D eigenvalue weighted by Crippen LogP contribution is -1.88. The minimum absolute atomic E-state index is 0.748. The molecule has 2 aromatic heterocycles. The number of nitrogens with zero attached hydrogens (tertiary/aromatic N) is 1. The smallest absolute Gasteiger partial charge is 0.0712 e. The van der Waals surface area contributed by atoms with Crippen LogP contribution in [0.25, 0.3) is 10.1 Å². The molecule has 0 radical (unpaired) electrons. The molecule has 2 heterocycles. The Kier molecular flexibility index (Phi) is 1.81. The molecule has 0 unspecified atom stereocenters. The van der Waals surface area contributed by atoms with Crippen LogP contribution in [0.4, 0.5) is 5.69 Å². The number of aromatic nitrogens is 1. The Morgan fingerprint density at radius 2 is 2.33 bits per heavy atom. The fourth-order valence-corrected chi connectivity index (χ4v) is 2.71. The number of fused-ring (bicyclic) bond motifs is 1. The quantitative estimate of drug-likeness (QED) is 0.772. The molecule has 2 rings (SSSR count). The molecule has 0 aliphatic carbocycles. The average molecular weight is 243 g/mol. The van der Waals surface area contributed by atoms with Gasteiger partial charge < -0.3 is 5.73 Å². The average Bonchev–Trinajstić information content (AvgIpc) is 2.41. The summed E-state index contributed by atoms with van der Waals surface area (Å²) in [6, 6.07) is 2.03. The van der Waals surface area contributed by atoms with Gasteiger partial charge in [0.2, 0.25) is 0 Å². The lowest BCUT2D eigenvalue weighted by molar-refractivity contribution is 1.25. The molecule has 4 heteroatoms. The minimum atomic E-state index is 0.748. The minimum Gasteiger partial charge on any atom is -0.397 e. The summed E-state index contributed by atoms with van der Waals surface area (Å²) in [5, 5.41) is 1.10. The molecule has 0 saturated carbocycles. The summed E-state index contributed by atoms with van der Waals surface area (Å²) in [6.07, 6.45) is 1.71. The number of halogens is 1. The number of thiophene rings is 1. The molecule has 0 aromatic carbocycles. The fourth-order valence-electron chi connectivity index (χ4n) is 1.14. The second-order valence-electron chi connectivity index (χ2n) is 2.59. The van der Waals surface area contributed by atoms with Crippen molar-refractivity contribution in [2.45, 2.75) is 6.92 Å². The third-order valence-electron chi connectivity index (χ3n) is 1.74. The van der Waals surface area contributed by atoms with E-state index in [1.807, 2.05) is 13.0 Å². The molecule has 2 N–H and O–H groups in total. The monoisotopic (exact) mass is 242 g/mol. The van der Waals surface area contributed by atoms with Crippen LogP contribution >= 0.6 is 27.3 Å². The van der Waals surface area contributed by atoms with E-state index in [9.17, 15) is 0 Å². The highest BCUT2D eigenvalue weighted by atomic mass is 79.9. The normalized spacial score (nSPS) is 10.8. The van der Waals surface area contributed by atoms with Crippen LogP contribution in [0.1, 0.15) is 5.69 Å². The molecule has 2 nitrogen and oxygen atoms in total. The van der Waals surface area contributed by atoms with E-state index in [2.05, 4.69) is 20.9 Å². The SMILES string of the molecule is Cc1ncc(N)c2cc(Br)sc12. The van der Waals surface area contributed by atoms with E-state index in [1.165, 1.54) is 4.70 Å². The number of aryl methyl sites for hydroxylation is 1. The van der Waals surface area contributed by atoms with Gasteiger partial charge in [0.05, 0.1) is 26.1 Å². The summed E-state index contributed by atoms with van der Waals surface area (Å²) in [6.45, 7) is 1.99. The summed E-state index contributed by atoms with van der Waals surface area (Å²) in [5.41, 5.74) is 7.55. The molecule has 0 aliphatic heterocycles. The van der Waals surface area contributed by atoms with E-state index in [4.69, 9.17) is 5.73 Å². The molecule has 0 bridgehead atoms. The molecule has 62 valence electrons. The Hall–Kier alpha value is -0.610. The first-order chi connectivity index (χ1) is 5.68. The van der Waals surface area contributed by atoms with Crippen LogP contribution in [0, 0.1) is 6.92 Å². The van der Waals surface area contributed by atoms with Crippen molar-refractivity contribution in [1.82, 2.24) is 4.98 Å². The van der Waals surface area contributed by atoms with E-state index in [1.54, 1.807) is 17.5 Å². The van der Waals surface area contributed by atoms with Crippen molar-refractivity contribution >= 4 is 43.0 Å². The van der Waals surface area contributed by atoms with E-state index in [-0.39, 0.29) is 0 Å². The standard InChI is InChI=1S/C8H7BrN2S/c1-4-8-5(2-7(9)12-8)6(10)3-11-4/h2-3H,10H2,1H3. The number of hydrogen-bond donors (Lipinski definition) is 1. The first kappa shape index (κ1) is 8.01. The van der Waals surface area contributed by atoms with E-state index >= 15 is 0 Å². The van der Waals surface area contributed by atoms with E-state index in [0.717, 1.165) is 20.6 Å². The van der Waals surface area contributed by atoms with Crippen LogP contribution in [-0.2, 0) is 0 Å². The highest BCUT2D eigenvalue weighted by Crippen LogP contribution is 2.33. The lowest BCUT2D eigenvalue weighted by Gasteiger charge is -1.96. The van der Waals surface area contributed by atoms with Gasteiger partial charge in [-0.25, -0.2) is 0 Å². The van der Waals surface area contributed by atoms with Crippen LogP contribution in [0.2, 0.25) is 0 Å². The maximum Gasteiger partial charge on any atom is 0.0712 e. The fraction of sp³-hybridized carbons (Fsp3) is 0.125. The Morgan fingerprint density at radius 1 is 1.58 bits per heavy atom. The number of rotatable bonds is 0. The summed E-state index contributed by atoms with van der Waals surface area (Å²) in [5.74, 6) is 0. The summed E-state index contributed by atoms with van der Waals surface area (Å²) in [7, 11) is 0. The zero-order valence-electron chi connectivity index (χ0n) is 6.47. The van der Waals surface area contributed by atoms with Crippen molar-refractivity contribution in [3.63, 3.8) is 0 Å². The molecule has 12 heavy (non-hydrogen) atoms. The van der Waals surface area contributed by atoms with Gasteiger partial charge >= 0.3 is 0 Å². The molecule has 0 saturated heterocycles. The molecule has 0 aliphatic rings. The largest absolute Gasteiger partial charge is 0.397 e. The highest BCUT2D eigenvalue weighted by molar-refractivity contribution is 9.11. The first-order valence-electron chi connectivity index (χ1n) is 3.48. The van der Waals surface area contributed by atoms with Crippen LogP contribution in [0.5, 0.6) is 0 Å². The Bertz CT molecular complexity index is 397. The van der Waals surface area contributed by atoms with Gasteiger partial charge in [-0.2, -0.15) is 0 Å². The van der Waals surface area contributed by atoms with Gasteiger partial charge in [-0.05, 0) is 28.9 Å². The third-order valence-corrected chi connectivity index (χ3v) is 3.49.